The number of hydrogen-bond acceptors (Lipinski definition) is 3. The zero-order valence-electron chi connectivity index (χ0n) is 9.57. The molecule has 3 saturated carbocycles. The molecule has 3 fully saturated rings. The van der Waals surface area contributed by atoms with E-state index in [1.165, 1.54) is 0 Å². The summed E-state index contributed by atoms with van der Waals surface area (Å²) >= 11 is 0. The average Bonchev–Trinajstić information content (AvgIpc) is 2.30. The van der Waals surface area contributed by atoms with Crippen molar-refractivity contribution in [2.45, 2.75) is 39.0 Å². The number of aliphatic carboxylic acids is 1. The number of carboxylic acid groups (broad SMARTS) is 1. The van der Waals surface area contributed by atoms with Gasteiger partial charge in [-0.15, -0.1) is 0 Å². The van der Waals surface area contributed by atoms with Crippen LogP contribution in [0.5, 0.6) is 0 Å². The smallest absolute Gasteiger partial charge is 0.323 e. The van der Waals surface area contributed by atoms with Gasteiger partial charge in [0.1, 0.15) is 0 Å². The number of ether oxygens (including phenoxy) is 1. The summed E-state index contributed by atoms with van der Waals surface area (Å²) in [6.07, 6.45) is 4.33. The molecule has 90 valence electrons. The molecule has 0 amide bonds. The van der Waals surface area contributed by atoms with Gasteiger partial charge in [0.15, 0.2) is 5.41 Å². The molecule has 1 N–H and O–H groups in total. The molecule has 0 aromatic rings. The molecular weight excluding hydrogens is 208 g/mol. The highest BCUT2D eigenvalue weighted by atomic mass is 16.5. The van der Waals surface area contributed by atoms with E-state index in [-0.39, 0.29) is 12.5 Å². The van der Waals surface area contributed by atoms with Gasteiger partial charge in [-0.05, 0) is 38.0 Å². The highest BCUT2D eigenvalue weighted by molar-refractivity contribution is 5.99. The zero-order valence-corrected chi connectivity index (χ0v) is 9.57. The molecule has 0 heterocycles. The van der Waals surface area contributed by atoms with E-state index in [2.05, 4.69) is 0 Å². The van der Waals surface area contributed by atoms with Gasteiger partial charge in [-0.1, -0.05) is 12.8 Å². The van der Waals surface area contributed by atoms with Crippen molar-refractivity contribution in [1.29, 1.82) is 0 Å². The highest BCUT2D eigenvalue weighted by Gasteiger charge is 2.58. The van der Waals surface area contributed by atoms with E-state index < -0.39 is 17.4 Å². The van der Waals surface area contributed by atoms with E-state index in [0.717, 1.165) is 25.7 Å². The molecule has 2 bridgehead atoms. The van der Waals surface area contributed by atoms with Crippen molar-refractivity contribution in [3.8, 4) is 0 Å². The van der Waals surface area contributed by atoms with Crippen LogP contribution in [0.3, 0.4) is 0 Å². The zero-order chi connectivity index (χ0) is 11.8. The molecule has 0 aliphatic heterocycles. The van der Waals surface area contributed by atoms with Crippen LogP contribution in [0, 0.1) is 17.3 Å². The Labute approximate surface area is 95.0 Å². The monoisotopic (exact) mass is 226 g/mol. The lowest BCUT2D eigenvalue weighted by molar-refractivity contribution is -0.182. The van der Waals surface area contributed by atoms with Crippen molar-refractivity contribution in [2.24, 2.45) is 17.3 Å². The Kier molecular flexibility index (Phi) is 2.91. The van der Waals surface area contributed by atoms with Gasteiger partial charge in [0.2, 0.25) is 0 Å². The van der Waals surface area contributed by atoms with Crippen molar-refractivity contribution >= 4 is 11.9 Å². The fourth-order valence-corrected chi connectivity index (χ4v) is 3.34. The lowest BCUT2D eigenvalue weighted by Crippen LogP contribution is -2.53. The summed E-state index contributed by atoms with van der Waals surface area (Å²) in [5, 5.41) is 9.41. The van der Waals surface area contributed by atoms with E-state index in [0.29, 0.717) is 12.3 Å². The highest BCUT2D eigenvalue weighted by Crippen LogP contribution is 2.53. The lowest BCUT2D eigenvalue weighted by atomic mass is 9.56. The maximum atomic E-state index is 11.9. The Hall–Kier alpha value is -1.06. The Morgan fingerprint density at radius 2 is 1.94 bits per heavy atom. The van der Waals surface area contributed by atoms with Crippen LogP contribution < -0.4 is 0 Å². The van der Waals surface area contributed by atoms with Gasteiger partial charge in [0.05, 0.1) is 6.61 Å². The van der Waals surface area contributed by atoms with Gasteiger partial charge in [0, 0.05) is 0 Å². The third-order valence-electron chi connectivity index (χ3n) is 4.18. The molecule has 0 saturated heterocycles. The Bertz CT molecular complexity index is 304. The van der Waals surface area contributed by atoms with Crippen molar-refractivity contribution in [3.05, 3.63) is 0 Å². The predicted molar refractivity (Wildman–Crippen MR) is 56.8 cm³/mol. The first-order valence-electron chi connectivity index (χ1n) is 6.02. The normalized spacial score (nSPS) is 37.1. The fourth-order valence-electron chi connectivity index (χ4n) is 3.34. The van der Waals surface area contributed by atoms with E-state index in [1.54, 1.807) is 6.92 Å². The number of rotatable bonds is 3. The van der Waals surface area contributed by atoms with Crippen molar-refractivity contribution in [3.63, 3.8) is 0 Å². The quantitative estimate of drug-likeness (QED) is 0.589. The second-order valence-corrected chi connectivity index (χ2v) is 4.92. The van der Waals surface area contributed by atoms with Crippen LogP contribution in [-0.4, -0.2) is 23.7 Å². The third kappa shape index (κ3) is 1.51. The average molecular weight is 226 g/mol. The molecule has 3 aliphatic carbocycles. The van der Waals surface area contributed by atoms with E-state index in [4.69, 9.17) is 4.74 Å². The number of carbonyl (C=O) groups is 2. The molecule has 3 rings (SSSR count). The maximum Gasteiger partial charge on any atom is 0.323 e. The number of esters is 1. The summed E-state index contributed by atoms with van der Waals surface area (Å²) in [5.74, 6) is -1.13. The Balaban J connectivity index is 2.29. The van der Waals surface area contributed by atoms with E-state index in [1.807, 2.05) is 0 Å². The second-order valence-electron chi connectivity index (χ2n) is 4.92. The summed E-state index contributed by atoms with van der Waals surface area (Å²) in [6, 6.07) is 0. The molecule has 1 atom stereocenters. The SMILES string of the molecule is CCOC(=O)C1(C(=O)O)CC2CCC1CC2. The van der Waals surface area contributed by atoms with Crippen LogP contribution in [-0.2, 0) is 14.3 Å². The number of hydrogen-bond donors (Lipinski definition) is 1. The van der Waals surface area contributed by atoms with Gasteiger partial charge in [-0.2, -0.15) is 0 Å². The summed E-state index contributed by atoms with van der Waals surface area (Å²) in [4.78, 5) is 23.4. The summed E-state index contributed by atoms with van der Waals surface area (Å²) in [6.45, 7) is 1.97. The van der Waals surface area contributed by atoms with Crippen molar-refractivity contribution in [2.75, 3.05) is 6.61 Å². The van der Waals surface area contributed by atoms with Gasteiger partial charge in [-0.3, -0.25) is 9.59 Å². The Morgan fingerprint density at radius 1 is 1.31 bits per heavy atom. The van der Waals surface area contributed by atoms with Crippen LogP contribution in [0.25, 0.3) is 0 Å². The Morgan fingerprint density at radius 3 is 2.31 bits per heavy atom. The van der Waals surface area contributed by atoms with Crippen LogP contribution in [0.15, 0.2) is 0 Å². The molecule has 4 heteroatoms. The van der Waals surface area contributed by atoms with Gasteiger partial charge in [-0.25, -0.2) is 0 Å². The van der Waals surface area contributed by atoms with Crippen LogP contribution in [0.4, 0.5) is 0 Å². The molecule has 3 aliphatic rings. The van der Waals surface area contributed by atoms with E-state index >= 15 is 0 Å². The summed E-state index contributed by atoms with van der Waals surface area (Å²) < 4.78 is 4.98. The molecule has 0 aromatic carbocycles. The molecule has 0 radical (unpaired) electrons. The summed E-state index contributed by atoms with van der Waals surface area (Å²) in [5.41, 5.74) is -1.24. The molecule has 1 unspecified atom stereocenters. The minimum atomic E-state index is -1.24. The number of fused-ring (bicyclic) bond motifs is 3. The van der Waals surface area contributed by atoms with Crippen molar-refractivity contribution < 1.29 is 19.4 Å². The second kappa shape index (κ2) is 4.07. The first-order chi connectivity index (χ1) is 7.61. The maximum absolute atomic E-state index is 11.9. The predicted octanol–water partition coefficient (Wildman–Crippen LogP) is 1.83. The third-order valence-corrected chi connectivity index (χ3v) is 4.18. The number of carboxylic acids is 1. The van der Waals surface area contributed by atoms with Crippen LogP contribution >= 0.6 is 0 Å². The van der Waals surface area contributed by atoms with Gasteiger partial charge < -0.3 is 9.84 Å². The molecule has 0 spiro atoms. The standard InChI is InChI=1S/C12H18O4/c1-2-16-11(15)12(10(13)14)7-8-3-5-9(12)6-4-8/h8-9H,2-7H2,1H3,(H,13,14). The summed E-state index contributed by atoms with van der Waals surface area (Å²) in [7, 11) is 0. The van der Waals surface area contributed by atoms with Gasteiger partial charge >= 0.3 is 11.9 Å². The van der Waals surface area contributed by atoms with Gasteiger partial charge in [0.25, 0.3) is 0 Å². The molecule has 0 aromatic heterocycles. The van der Waals surface area contributed by atoms with Crippen LogP contribution in [0.1, 0.15) is 39.0 Å². The first-order valence-corrected chi connectivity index (χ1v) is 6.02. The molecule has 4 nitrogen and oxygen atoms in total. The largest absolute Gasteiger partial charge is 0.480 e. The van der Waals surface area contributed by atoms with Crippen LogP contribution in [0.2, 0.25) is 0 Å². The minimum absolute atomic E-state index is 0.0194. The molecular formula is C12H18O4. The van der Waals surface area contributed by atoms with E-state index in [9.17, 15) is 14.7 Å². The molecule has 16 heavy (non-hydrogen) atoms. The lowest BCUT2D eigenvalue weighted by Gasteiger charge is -2.47. The topological polar surface area (TPSA) is 63.6 Å². The minimum Gasteiger partial charge on any atom is -0.480 e. The fraction of sp³-hybridized carbons (Fsp3) is 0.833. The van der Waals surface area contributed by atoms with Crippen molar-refractivity contribution in [1.82, 2.24) is 0 Å². The number of carbonyl (C=O) groups excluding carboxylic acids is 1. The first kappa shape index (κ1) is 11.4.